The first-order valence-electron chi connectivity index (χ1n) is 7.30. The molecule has 0 saturated carbocycles. The molecular weight excluding hydrogens is 262 g/mol. The molecule has 2 aromatic carbocycles. The molecule has 3 nitrogen and oxygen atoms in total. The molecule has 2 rings (SSSR count). The minimum Gasteiger partial charge on any atom is -0.508 e. The Hall–Kier alpha value is -2.16. The van der Waals surface area contributed by atoms with E-state index in [9.17, 15) is 5.11 Å². The van der Waals surface area contributed by atoms with Gasteiger partial charge in [-0.1, -0.05) is 43.7 Å². The predicted octanol–water partition coefficient (Wildman–Crippen LogP) is 4.35. The molecule has 21 heavy (non-hydrogen) atoms. The highest BCUT2D eigenvalue weighted by Crippen LogP contribution is 2.26. The number of para-hydroxylation sites is 2. The van der Waals surface area contributed by atoms with Crippen molar-refractivity contribution in [3.63, 3.8) is 0 Å². The second-order valence-electron chi connectivity index (χ2n) is 5.69. The highest BCUT2D eigenvalue weighted by Gasteiger charge is 2.06. The van der Waals surface area contributed by atoms with Crippen LogP contribution in [0.25, 0.3) is 0 Å². The second kappa shape index (κ2) is 7.02. The first kappa shape index (κ1) is 15.2. The van der Waals surface area contributed by atoms with E-state index in [1.54, 1.807) is 6.07 Å². The zero-order valence-electron chi connectivity index (χ0n) is 12.9. The summed E-state index contributed by atoms with van der Waals surface area (Å²) in [6, 6.07) is 13.5. The minimum absolute atomic E-state index is 0.314. The van der Waals surface area contributed by atoms with Crippen molar-refractivity contribution in [2.75, 3.05) is 11.9 Å². The van der Waals surface area contributed by atoms with E-state index in [-0.39, 0.29) is 0 Å². The van der Waals surface area contributed by atoms with Crippen LogP contribution in [0.4, 0.5) is 5.69 Å². The summed E-state index contributed by atoms with van der Waals surface area (Å²) in [5.74, 6) is 1.64. The summed E-state index contributed by atoms with van der Waals surface area (Å²) < 4.78 is 5.82. The molecule has 0 radical (unpaired) electrons. The van der Waals surface area contributed by atoms with Gasteiger partial charge in [0.25, 0.3) is 0 Å². The van der Waals surface area contributed by atoms with E-state index in [4.69, 9.17) is 4.74 Å². The van der Waals surface area contributed by atoms with E-state index in [0.717, 1.165) is 22.6 Å². The van der Waals surface area contributed by atoms with Gasteiger partial charge in [-0.2, -0.15) is 0 Å². The monoisotopic (exact) mass is 285 g/mol. The highest BCUT2D eigenvalue weighted by atomic mass is 16.5. The zero-order chi connectivity index (χ0) is 15.2. The minimum atomic E-state index is 0.314. The Balaban J connectivity index is 2.07. The number of benzene rings is 2. The summed E-state index contributed by atoms with van der Waals surface area (Å²) in [6.45, 7) is 7.52. The summed E-state index contributed by atoms with van der Waals surface area (Å²) in [4.78, 5) is 0. The van der Waals surface area contributed by atoms with Gasteiger partial charge < -0.3 is 15.2 Å². The lowest BCUT2D eigenvalue weighted by atomic mass is 10.1. The van der Waals surface area contributed by atoms with Crippen molar-refractivity contribution in [1.29, 1.82) is 0 Å². The maximum Gasteiger partial charge on any atom is 0.142 e. The summed E-state index contributed by atoms with van der Waals surface area (Å²) in [7, 11) is 0. The van der Waals surface area contributed by atoms with Crippen LogP contribution in [0.1, 0.15) is 25.0 Å². The molecule has 0 amide bonds. The SMILES string of the molecule is Cc1ccc(O)c(CNc2ccccc2OCC(C)C)c1. The Labute approximate surface area is 126 Å². The molecule has 0 atom stereocenters. The van der Waals surface area contributed by atoms with Gasteiger partial charge in [-0.25, -0.2) is 0 Å². The average Bonchev–Trinajstić information content (AvgIpc) is 2.47. The van der Waals surface area contributed by atoms with Crippen LogP contribution in [-0.4, -0.2) is 11.7 Å². The fraction of sp³-hybridized carbons (Fsp3) is 0.333. The number of phenols is 1. The Kier molecular flexibility index (Phi) is 5.09. The van der Waals surface area contributed by atoms with Crippen LogP contribution in [0, 0.1) is 12.8 Å². The smallest absolute Gasteiger partial charge is 0.142 e. The molecule has 0 saturated heterocycles. The molecule has 0 aliphatic heterocycles. The number of ether oxygens (including phenoxy) is 1. The number of aromatic hydroxyl groups is 1. The first-order chi connectivity index (χ1) is 10.1. The number of hydrogen-bond donors (Lipinski definition) is 2. The van der Waals surface area contributed by atoms with E-state index in [1.807, 2.05) is 43.3 Å². The molecule has 0 fully saturated rings. The fourth-order valence-electron chi connectivity index (χ4n) is 2.04. The maximum atomic E-state index is 9.89. The lowest BCUT2D eigenvalue weighted by molar-refractivity contribution is 0.272. The fourth-order valence-corrected chi connectivity index (χ4v) is 2.04. The molecule has 0 aliphatic rings. The lowest BCUT2D eigenvalue weighted by Crippen LogP contribution is -2.07. The largest absolute Gasteiger partial charge is 0.508 e. The third kappa shape index (κ3) is 4.42. The van der Waals surface area contributed by atoms with Crippen LogP contribution < -0.4 is 10.1 Å². The third-order valence-corrected chi connectivity index (χ3v) is 3.16. The highest BCUT2D eigenvalue weighted by molar-refractivity contribution is 5.56. The number of anilines is 1. The molecule has 2 N–H and O–H groups in total. The van der Waals surface area contributed by atoms with Crippen LogP contribution in [0.5, 0.6) is 11.5 Å². The number of hydrogen-bond acceptors (Lipinski definition) is 3. The summed E-state index contributed by atoms with van der Waals surface area (Å²) >= 11 is 0. The standard InChI is InChI=1S/C18H23NO2/c1-13(2)12-21-18-7-5-4-6-16(18)19-11-15-10-14(3)8-9-17(15)20/h4-10,13,19-20H,11-12H2,1-3H3. The van der Waals surface area contributed by atoms with Crippen molar-refractivity contribution in [2.45, 2.75) is 27.3 Å². The molecule has 0 heterocycles. The summed E-state index contributed by atoms with van der Waals surface area (Å²) in [6.07, 6.45) is 0. The summed E-state index contributed by atoms with van der Waals surface area (Å²) in [5, 5.41) is 13.2. The molecule has 0 aliphatic carbocycles. The first-order valence-corrected chi connectivity index (χ1v) is 7.30. The van der Waals surface area contributed by atoms with E-state index < -0.39 is 0 Å². The Bertz CT molecular complexity index is 594. The van der Waals surface area contributed by atoms with E-state index >= 15 is 0 Å². The topological polar surface area (TPSA) is 41.5 Å². The van der Waals surface area contributed by atoms with Crippen LogP contribution in [0.15, 0.2) is 42.5 Å². The van der Waals surface area contributed by atoms with Crippen molar-refractivity contribution in [3.05, 3.63) is 53.6 Å². The Morgan fingerprint density at radius 2 is 1.90 bits per heavy atom. The number of nitrogens with one attached hydrogen (secondary N) is 1. The number of phenolic OH excluding ortho intramolecular Hbond substituents is 1. The third-order valence-electron chi connectivity index (χ3n) is 3.16. The van der Waals surface area contributed by atoms with Crippen molar-refractivity contribution >= 4 is 5.69 Å². The van der Waals surface area contributed by atoms with Gasteiger partial charge in [-0.05, 0) is 31.0 Å². The van der Waals surface area contributed by atoms with E-state index in [0.29, 0.717) is 24.8 Å². The van der Waals surface area contributed by atoms with Crippen LogP contribution in [-0.2, 0) is 6.54 Å². The average molecular weight is 285 g/mol. The molecule has 0 bridgehead atoms. The van der Waals surface area contributed by atoms with Crippen LogP contribution in [0.2, 0.25) is 0 Å². The van der Waals surface area contributed by atoms with E-state index in [2.05, 4.69) is 19.2 Å². The van der Waals surface area contributed by atoms with Gasteiger partial charge in [0.15, 0.2) is 0 Å². The molecule has 112 valence electrons. The molecule has 2 aromatic rings. The lowest BCUT2D eigenvalue weighted by Gasteiger charge is -2.15. The van der Waals surface area contributed by atoms with E-state index in [1.165, 1.54) is 0 Å². The van der Waals surface area contributed by atoms with Crippen molar-refractivity contribution in [1.82, 2.24) is 0 Å². The molecule has 3 heteroatoms. The van der Waals surface area contributed by atoms with Gasteiger partial charge in [0.05, 0.1) is 12.3 Å². The quantitative estimate of drug-likeness (QED) is 0.829. The Morgan fingerprint density at radius 1 is 1.14 bits per heavy atom. The van der Waals surface area contributed by atoms with Crippen molar-refractivity contribution < 1.29 is 9.84 Å². The number of aryl methyl sites for hydroxylation is 1. The number of rotatable bonds is 6. The van der Waals surface area contributed by atoms with Gasteiger partial charge in [-0.15, -0.1) is 0 Å². The van der Waals surface area contributed by atoms with Gasteiger partial charge in [0.2, 0.25) is 0 Å². The molecule has 0 unspecified atom stereocenters. The van der Waals surface area contributed by atoms with Crippen LogP contribution in [0.3, 0.4) is 0 Å². The van der Waals surface area contributed by atoms with Gasteiger partial charge >= 0.3 is 0 Å². The zero-order valence-corrected chi connectivity index (χ0v) is 12.9. The van der Waals surface area contributed by atoms with Crippen molar-refractivity contribution in [2.24, 2.45) is 5.92 Å². The molecule has 0 spiro atoms. The van der Waals surface area contributed by atoms with Gasteiger partial charge in [0, 0.05) is 12.1 Å². The van der Waals surface area contributed by atoms with Crippen LogP contribution >= 0.6 is 0 Å². The maximum absolute atomic E-state index is 9.89. The molecular formula is C18H23NO2. The second-order valence-corrected chi connectivity index (χ2v) is 5.69. The van der Waals surface area contributed by atoms with Gasteiger partial charge in [-0.3, -0.25) is 0 Å². The van der Waals surface area contributed by atoms with Gasteiger partial charge in [0.1, 0.15) is 11.5 Å². The summed E-state index contributed by atoms with van der Waals surface area (Å²) in [5.41, 5.74) is 2.96. The normalized spacial score (nSPS) is 10.7. The Morgan fingerprint density at radius 3 is 2.67 bits per heavy atom. The molecule has 0 aromatic heterocycles. The predicted molar refractivity (Wildman–Crippen MR) is 86.9 cm³/mol. The van der Waals surface area contributed by atoms with Crippen molar-refractivity contribution in [3.8, 4) is 11.5 Å².